The van der Waals surface area contributed by atoms with Crippen molar-refractivity contribution in [2.24, 2.45) is 0 Å². The lowest BCUT2D eigenvalue weighted by atomic mass is 9.76. The molecule has 0 N–H and O–H groups in total. The molecule has 0 amide bonds. The van der Waals surface area contributed by atoms with Crippen molar-refractivity contribution in [3.63, 3.8) is 0 Å². The van der Waals surface area contributed by atoms with E-state index in [9.17, 15) is 0 Å². The molecule has 3 rings (SSSR count). The molecular weight excluding hydrogens is 252 g/mol. The molecule has 0 bridgehead atoms. The van der Waals surface area contributed by atoms with E-state index in [1.807, 2.05) is 0 Å². The molecule has 1 aliphatic rings. The molecule has 2 aromatic carbocycles. The fourth-order valence-electron chi connectivity index (χ4n) is 3.31. The van der Waals surface area contributed by atoms with Gasteiger partial charge in [0.25, 0.3) is 0 Å². The summed E-state index contributed by atoms with van der Waals surface area (Å²) < 4.78 is 0. The first-order valence-electron chi connectivity index (χ1n) is 7.94. The lowest BCUT2D eigenvalue weighted by Crippen LogP contribution is -2.18. The maximum atomic E-state index is 2.45. The molecule has 110 valence electrons. The lowest BCUT2D eigenvalue weighted by Gasteiger charge is -2.28. The monoisotopic (exact) mass is 278 g/mol. The third-order valence-corrected chi connectivity index (χ3v) is 4.56. The summed E-state index contributed by atoms with van der Waals surface area (Å²) >= 11 is 0. The molecule has 0 saturated heterocycles. The maximum absolute atomic E-state index is 2.45. The minimum absolute atomic E-state index is 0.169. The van der Waals surface area contributed by atoms with Gasteiger partial charge in [-0.1, -0.05) is 77.9 Å². The number of rotatable bonds is 0. The molecule has 0 atom stereocenters. The Labute approximate surface area is 129 Å². The molecule has 2 aromatic rings. The van der Waals surface area contributed by atoms with E-state index in [1.54, 1.807) is 0 Å². The van der Waals surface area contributed by atoms with Gasteiger partial charge in [-0.05, 0) is 50.6 Å². The number of hydrogen-bond donors (Lipinski definition) is 0. The SMILES string of the molecule is CC(C)(C)c1cc2c(c(C(C)(C)C)c1)-c1ccccc1C2. The molecule has 0 radical (unpaired) electrons. The van der Waals surface area contributed by atoms with Crippen molar-refractivity contribution in [2.75, 3.05) is 0 Å². The van der Waals surface area contributed by atoms with E-state index in [0.29, 0.717) is 0 Å². The van der Waals surface area contributed by atoms with Gasteiger partial charge in [-0.15, -0.1) is 0 Å². The van der Waals surface area contributed by atoms with Gasteiger partial charge in [0, 0.05) is 0 Å². The van der Waals surface area contributed by atoms with Gasteiger partial charge in [-0.25, -0.2) is 0 Å². The molecule has 0 heteroatoms. The van der Waals surface area contributed by atoms with Crippen molar-refractivity contribution < 1.29 is 0 Å². The Morgan fingerprint density at radius 1 is 0.762 bits per heavy atom. The average Bonchev–Trinajstić information content (AvgIpc) is 2.73. The summed E-state index contributed by atoms with van der Waals surface area (Å²) in [5, 5.41) is 0. The first-order chi connectivity index (χ1) is 9.68. The number of benzene rings is 2. The van der Waals surface area contributed by atoms with Gasteiger partial charge in [0.2, 0.25) is 0 Å². The zero-order valence-electron chi connectivity index (χ0n) is 14.2. The Kier molecular flexibility index (Phi) is 3.06. The molecule has 0 saturated carbocycles. The normalized spacial score (nSPS) is 14.0. The van der Waals surface area contributed by atoms with Crippen LogP contribution in [0.15, 0.2) is 36.4 Å². The van der Waals surface area contributed by atoms with Crippen LogP contribution in [0.1, 0.15) is 63.8 Å². The summed E-state index contributed by atoms with van der Waals surface area (Å²) in [7, 11) is 0. The van der Waals surface area contributed by atoms with Crippen LogP contribution in [-0.4, -0.2) is 0 Å². The molecular formula is C21H26. The zero-order chi connectivity index (χ0) is 15.4. The zero-order valence-corrected chi connectivity index (χ0v) is 14.2. The highest BCUT2D eigenvalue weighted by molar-refractivity contribution is 5.81. The van der Waals surface area contributed by atoms with Crippen LogP contribution in [0.5, 0.6) is 0 Å². The minimum atomic E-state index is 0.169. The van der Waals surface area contributed by atoms with Crippen LogP contribution < -0.4 is 0 Å². The van der Waals surface area contributed by atoms with Gasteiger partial charge in [0.05, 0.1) is 0 Å². The predicted octanol–water partition coefficient (Wildman–Crippen LogP) is 5.85. The van der Waals surface area contributed by atoms with Crippen LogP contribution in [-0.2, 0) is 17.3 Å². The molecule has 0 spiro atoms. The van der Waals surface area contributed by atoms with Crippen molar-refractivity contribution in [1.82, 2.24) is 0 Å². The standard InChI is InChI=1S/C21H26/c1-20(2,3)16-12-15-11-14-9-7-8-10-17(14)19(15)18(13-16)21(4,5)6/h7-10,12-13H,11H2,1-6H3. The minimum Gasteiger partial charge on any atom is -0.0619 e. The summed E-state index contributed by atoms with van der Waals surface area (Å²) in [5.74, 6) is 0. The van der Waals surface area contributed by atoms with Gasteiger partial charge >= 0.3 is 0 Å². The molecule has 0 fully saturated rings. The first kappa shape index (κ1) is 14.4. The lowest BCUT2D eigenvalue weighted by molar-refractivity contribution is 0.569. The first-order valence-corrected chi connectivity index (χ1v) is 7.94. The van der Waals surface area contributed by atoms with E-state index in [1.165, 1.54) is 33.4 Å². The highest BCUT2D eigenvalue weighted by atomic mass is 14.3. The van der Waals surface area contributed by atoms with Gasteiger partial charge in [-0.2, -0.15) is 0 Å². The summed E-state index contributed by atoms with van der Waals surface area (Å²) in [5.41, 5.74) is 9.24. The quantitative estimate of drug-likeness (QED) is 0.483. The van der Waals surface area contributed by atoms with Crippen molar-refractivity contribution in [1.29, 1.82) is 0 Å². The average molecular weight is 278 g/mol. The van der Waals surface area contributed by atoms with Gasteiger partial charge < -0.3 is 0 Å². The van der Waals surface area contributed by atoms with Crippen LogP contribution >= 0.6 is 0 Å². The summed E-state index contributed by atoms with van der Waals surface area (Å²) in [6.07, 6.45) is 1.08. The van der Waals surface area contributed by atoms with Gasteiger partial charge in [0.1, 0.15) is 0 Å². The Morgan fingerprint density at radius 3 is 2.05 bits per heavy atom. The van der Waals surface area contributed by atoms with Crippen molar-refractivity contribution in [2.45, 2.75) is 58.8 Å². The van der Waals surface area contributed by atoms with Crippen LogP contribution in [0.3, 0.4) is 0 Å². The van der Waals surface area contributed by atoms with E-state index in [4.69, 9.17) is 0 Å². The highest BCUT2D eigenvalue weighted by Crippen LogP contribution is 2.45. The van der Waals surface area contributed by atoms with Crippen LogP contribution in [0.25, 0.3) is 11.1 Å². The maximum Gasteiger partial charge on any atom is -0.00132 e. The van der Waals surface area contributed by atoms with E-state index < -0.39 is 0 Å². The van der Waals surface area contributed by atoms with Crippen LogP contribution in [0.4, 0.5) is 0 Å². The second kappa shape index (κ2) is 4.47. The summed E-state index contributed by atoms with van der Waals surface area (Å²) in [6, 6.07) is 13.8. The second-order valence-corrected chi connectivity index (χ2v) is 8.39. The van der Waals surface area contributed by atoms with Crippen molar-refractivity contribution in [3.05, 3.63) is 58.7 Å². The third-order valence-electron chi connectivity index (χ3n) is 4.56. The highest BCUT2D eigenvalue weighted by Gasteiger charge is 2.29. The summed E-state index contributed by atoms with van der Waals surface area (Å²) in [6.45, 7) is 13.9. The Hall–Kier alpha value is -1.56. The largest absolute Gasteiger partial charge is 0.0619 e. The molecule has 0 nitrogen and oxygen atoms in total. The Morgan fingerprint density at radius 2 is 1.43 bits per heavy atom. The van der Waals surface area contributed by atoms with Gasteiger partial charge in [-0.3, -0.25) is 0 Å². The smallest absolute Gasteiger partial charge is 0.00132 e. The summed E-state index contributed by atoms with van der Waals surface area (Å²) in [4.78, 5) is 0. The fourth-order valence-corrected chi connectivity index (χ4v) is 3.31. The molecule has 21 heavy (non-hydrogen) atoms. The number of hydrogen-bond acceptors (Lipinski definition) is 0. The molecule has 1 aliphatic carbocycles. The topological polar surface area (TPSA) is 0 Å². The van der Waals surface area contributed by atoms with Crippen LogP contribution in [0, 0.1) is 0 Å². The molecule has 0 heterocycles. The van der Waals surface area contributed by atoms with E-state index in [2.05, 4.69) is 77.9 Å². The Bertz CT molecular complexity index is 691. The second-order valence-electron chi connectivity index (χ2n) is 8.39. The van der Waals surface area contributed by atoms with Crippen molar-refractivity contribution >= 4 is 0 Å². The van der Waals surface area contributed by atoms with Gasteiger partial charge in [0.15, 0.2) is 0 Å². The Balaban J connectivity index is 2.31. The van der Waals surface area contributed by atoms with E-state index in [-0.39, 0.29) is 10.8 Å². The number of fused-ring (bicyclic) bond motifs is 3. The molecule has 0 aromatic heterocycles. The molecule has 0 aliphatic heterocycles. The van der Waals surface area contributed by atoms with Crippen molar-refractivity contribution in [3.8, 4) is 11.1 Å². The predicted molar refractivity (Wildman–Crippen MR) is 92.1 cm³/mol. The molecule has 0 unspecified atom stereocenters. The van der Waals surface area contributed by atoms with E-state index in [0.717, 1.165) is 6.42 Å². The van der Waals surface area contributed by atoms with E-state index >= 15 is 0 Å². The fraction of sp³-hybridized carbons (Fsp3) is 0.429. The van der Waals surface area contributed by atoms with Crippen LogP contribution in [0.2, 0.25) is 0 Å². The third kappa shape index (κ3) is 2.41.